The largest absolute Gasteiger partial charge is 0.339 e. The van der Waals surface area contributed by atoms with Gasteiger partial charge < -0.3 is 31.9 Å². The van der Waals surface area contributed by atoms with Gasteiger partial charge in [-0.25, -0.2) is 19.9 Å². The molecule has 2 fully saturated rings. The molecule has 0 unspecified atom stereocenters. The third-order valence-corrected chi connectivity index (χ3v) is 25.2. The number of allylic oxidation sites excluding steroid dienone is 1. The topological polar surface area (TPSA) is 429 Å². The lowest BCUT2D eigenvalue weighted by Crippen LogP contribution is -2.04. The van der Waals surface area contributed by atoms with Gasteiger partial charge in [0.25, 0.3) is 0 Å². The first-order valence-corrected chi connectivity index (χ1v) is 46.6. The Morgan fingerprint density at radius 1 is 0.341 bits per heavy atom. The molecule has 0 saturated heterocycles. The predicted molar refractivity (Wildman–Crippen MR) is 548 cm³/mol. The number of anilines is 12. The first kappa shape index (κ1) is 87.6. The standard InChI is InChI=1S/C18H23N5.C18H19N5.2C17H16N6.C16H15N7.C16H17N7/c2*1-11(2)23-17-10-13(8-9-14(17)12(3)22-23)19-18-15-6-4-5-7-16(15)20-21-18;1-23-14-9-11(6-7-12(14)15(22-23)10-4-5-10)19-17-16-13(20-21-17)3-2-8-18-16;1-10(2)15-12-7-6-11(9-14(12)23(3)22-15)19-17-16-13(20-21-17)5-4-8-18-16;1-23-12-8-10(4-5-11(12)13(22-23)9-2-3-9)19-16-14-15(20-21-16)18-7-6-17-14;1-9(2)23-13-8-11(4-5-12(13)10(3)22-23)19-16-14-15(20-21-16)18-7-6-17-14/h8-11H,4-7H2,1-3H3,(H2,19,20,21);4-11H,1-3H3,(H2,19,20,21);2-3,6-10H,4-5H2,1H3,(H2,19,20,21);4-9H,1H2,2-3H3,(H2,19,20,21);4-9H,2-3H2,1H3,(H2,18,19,20,21);4-9H,1-3H3,(H2,18,19,20,21). The van der Waals surface area contributed by atoms with Crippen molar-refractivity contribution in [3.05, 3.63) is 247 Å². The Kier molecular flexibility index (Phi) is 23.3. The Morgan fingerprint density at radius 2 is 0.710 bits per heavy atom. The summed E-state index contributed by atoms with van der Waals surface area (Å²) in [5, 5.41) is 100. The highest BCUT2D eigenvalue weighted by atomic mass is 15.3. The molecule has 0 atom stereocenters. The summed E-state index contributed by atoms with van der Waals surface area (Å²) in [4.78, 5) is 25.7. The molecule has 2 saturated carbocycles. The highest BCUT2D eigenvalue weighted by Gasteiger charge is 2.31. The van der Waals surface area contributed by atoms with Crippen LogP contribution in [0.4, 0.5) is 69.0 Å². The number of benzene rings is 7. The Bertz CT molecular complexity index is 8130. The van der Waals surface area contributed by atoms with Crippen LogP contribution in [-0.2, 0) is 34.0 Å². The van der Waals surface area contributed by atoms with E-state index in [-0.39, 0.29) is 0 Å². The number of rotatable bonds is 18. The van der Waals surface area contributed by atoms with Crippen LogP contribution in [0.3, 0.4) is 0 Å². The van der Waals surface area contributed by atoms with Gasteiger partial charge in [-0.2, -0.15) is 61.2 Å². The number of nitrogens with one attached hydrogen (secondary N) is 12. The number of fused-ring (bicyclic) bond motifs is 12. The molecule has 23 aromatic rings. The molecule has 0 spiro atoms. The van der Waals surface area contributed by atoms with Crippen molar-refractivity contribution in [2.24, 2.45) is 21.1 Å². The van der Waals surface area contributed by atoms with E-state index >= 15 is 0 Å². The van der Waals surface area contributed by atoms with Crippen LogP contribution in [0.5, 0.6) is 0 Å². The molecule has 26 rings (SSSR count). The van der Waals surface area contributed by atoms with Crippen LogP contribution in [0.25, 0.3) is 126 Å². The van der Waals surface area contributed by atoms with Gasteiger partial charge in [-0.1, -0.05) is 18.7 Å². The molecule has 694 valence electrons. The van der Waals surface area contributed by atoms with E-state index in [2.05, 4.69) is 323 Å². The summed E-state index contributed by atoms with van der Waals surface area (Å²) >= 11 is 0. The van der Waals surface area contributed by atoms with E-state index in [0.717, 1.165) is 181 Å². The maximum atomic E-state index is 4.69. The zero-order valence-electron chi connectivity index (χ0n) is 79.0. The van der Waals surface area contributed by atoms with Gasteiger partial charge in [-0.15, -0.1) is 0 Å². The second kappa shape index (κ2) is 36.7. The third kappa shape index (κ3) is 17.6. The van der Waals surface area contributed by atoms with Crippen LogP contribution in [0.1, 0.15) is 162 Å². The van der Waals surface area contributed by atoms with Crippen molar-refractivity contribution in [1.29, 1.82) is 0 Å². The molecule has 3 aliphatic carbocycles. The predicted octanol–water partition coefficient (Wildman–Crippen LogP) is 22.1. The lowest BCUT2D eigenvalue weighted by molar-refractivity contribution is 0.547. The molecule has 36 heteroatoms. The van der Waals surface area contributed by atoms with Crippen molar-refractivity contribution < 1.29 is 0 Å². The average molecular weight is 1840 g/mol. The van der Waals surface area contributed by atoms with Crippen LogP contribution < -0.4 is 31.9 Å². The van der Waals surface area contributed by atoms with Crippen molar-refractivity contribution >= 4 is 195 Å². The molecule has 36 nitrogen and oxygen atoms in total. The Hall–Kier alpha value is -17.1. The fourth-order valence-electron chi connectivity index (χ4n) is 18.0. The molecule has 0 amide bonds. The van der Waals surface area contributed by atoms with Gasteiger partial charge in [0.2, 0.25) is 11.3 Å². The van der Waals surface area contributed by atoms with Gasteiger partial charge in [0.1, 0.15) is 11.0 Å². The SMILES string of the molecule is C=C(C)c1nn(C)c2cc(Nc3n[nH]c4cccnc34)ccc12.Cc1nn(C(C)C)c2cc(Nc3[nH]nc4nccnc34)ccc12.Cc1nn(C(C)C)c2cc(Nc3n[nH]c4c3CCCC4)ccc12.Cc1nn(C(C)C)c2cc(Nc3n[nH]c4ccccc34)ccc12.Cn1nc(C2CC2)c2ccc(Nc3[nH]nc4nccnc34)cc21.Cn1nc(C2CC2)c2ccc(Nc3n[nH]c4cccnc34)cc21. The van der Waals surface area contributed by atoms with E-state index in [1.165, 1.54) is 93.6 Å². The normalized spacial score (nSPS) is 13.0. The molecule has 16 aromatic heterocycles. The van der Waals surface area contributed by atoms with Crippen LogP contribution >= 0.6 is 0 Å². The number of aryl methyl sites for hydroxylation is 7. The molecule has 0 bridgehead atoms. The van der Waals surface area contributed by atoms with Gasteiger partial charge in [-0.3, -0.25) is 68.7 Å². The van der Waals surface area contributed by atoms with E-state index in [9.17, 15) is 0 Å². The zero-order chi connectivity index (χ0) is 94.7. The summed E-state index contributed by atoms with van der Waals surface area (Å²) in [5.74, 6) is 6.04. The lowest BCUT2D eigenvalue weighted by atomic mass is 9.97. The van der Waals surface area contributed by atoms with Crippen molar-refractivity contribution in [3.63, 3.8) is 0 Å². The number of hydrogen-bond donors (Lipinski definition) is 12. The number of aromatic amines is 6. The van der Waals surface area contributed by atoms with Crippen molar-refractivity contribution in [2.75, 3.05) is 31.9 Å². The minimum Gasteiger partial charge on any atom is -0.339 e. The Labute approximate surface area is 791 Å². The van der Waals surface area contributed by atoms with E-state index in [1.807, 2.05) is 108 Å². The van der Waals surface area contributed by atoms with Gasteiger partial charge >= 0.3 is 0 Å². The molecule has 3 aliphatic rings. The molecule has 0 radical (unpaired) electrons. The van der Waals surface area contributed by atoms with Crippen LogP contribution in [-0.4, -0.2) is 150 Å². The summed E-state index contributed by atoms with van der Waals surface area (Å²) < 4.78 is 12.0. The van der Waals surface area contributed by atoms with E-state index in [4.69, 9.17) is 5.10 Å². The van der Waals surface area contributed by atoms with Gasteiger partial charge in [-0.05, 0) is 272 Å². The highest BCUT2D eigenvalue weighted by Crippen LogP contribution is 2.45. The first-order chi connectivity index (χ1) is 67.1. The Morgan fingerprint density at radius 3 is 1.17 bits per heavy atom. The fourth-order valence-corrected chi connectivity index (χ4v) is 18.0. The maximum Gasteiger partial charge on any atom is 0.201 e. The summed E-state index contributed by atoms with van der Waals surface area (Å²) in [6.07, 6.45) is 19.9. The van der Waals surface area contributed by atoms with Crippen molar-refractivity contribution in [1.82, 2.24) is 150 Å². The van der Waals surface area contributed by atoms with Gasteiger partial charge in [0.15, 0.2) is 45.9 Å². The van der Waals surface area contributed by atoms with E-state index in [1.54, 1.807) is 37.2 Å². The summed E-state index contributed by atoms with van der Waals surface area (Å²) in [5.41, 5.74) is 30.0. The number of hydrogen-bond acceptors (Lipinski definition) is 24. The van der Waals surface area contributed by atoms with Crippen LogP contribution in [0, 0.1) is 20.8 Å². The molecule has 7 aromatic carbocycles. The second-order valence-corrected chi connectivity index (χ2v) is 36.3. The number of para-hydroxylation sites is 1. The van der Waals surface area contributed by atoms with Crippen LogP contribution in [0.2, 0.25) is 0 Å². The second-order valence-electron chi connectivity index (χ2n) is 36.3. The minimum absolute atomic E-state index is 0.306. The number of H-pyrrole nitrogens is 6. The quantitative estimate of drug-likeness (QED) is 0.0379. The first-order valence-electron chi connectivity index (χ1n) is 46.6. The van der Waals surface area contributed by atoms with Crippen LogP contribution in [0.15, 0.2) is 201 Å². The molecule has 138 heavy (non-hydrogen) atoms. The van der Waals surface area contributed by atoms with E-state index < -0.39 is 0 Å². The summed E-state index contributed by atoms with van der Waals surface area (Å²) in [6.45, 7) is 25.0. The highest BCUT2D eigenvalue weighted by molar-refractivity contribution is 5.98. The summed E-state index contributed by atoms with van der Waals surface area (Å²) in [7, 11) is 5.93. The number of nitrogens with zero attached hydrogens (tertiary/aromatic N) is 24. The van der Waals surface area contributed by atoms with Crippen molar-refractivity contribution in [3.8, 4) is 0 Å². The molecular formula is C102H106N36. The van der Waals surface area contributed by atoms with Gasteiger partial charge in [0, 0.05) is 171 Å². The molecule has 12 N–H and O–H groups in total. The smallest absolute Gasteiger partial charge is 0.201 e. The molecule has 16 heterocycles. The third-order valence-electron chi connectivity index (χ3n) is 25.2. The van der Waals surface area contributed by atoms with Crippen molar-refractivity contribution in [2.45, 2.75) is 151 Å². The molecule has 0 aliphatic heterocycles. The Balaban J connectivity index is 0.0000000987. The van der Waals surface area contributed by atoms with Gasteiger partial charge in [0.05, 0.1) is 83.8 Å². The monoisotopic (exact) mass is 1830 g/mol. The summed E-state index contributed by atoms with van der Waals surface area (Å²) in [6, 6.07) is 54.6. The average Bonchev–Trinajstić information content (AvgIpc) is 1.60. The number of pyridine rings is 2. The number of aromatic nitrogens is 30. The minimum atomic E-state index is 0.306. The van der Waals surface area contributed by atoms with E-state index in [0.29, 0.717) is 47.1 Å². The fraction of sp³-hybridized carbons (Fsp3) is 0.255. The zero-order valence-corrected chi connectivity index (χ0v) is 79.0. The lowest BCUT2D eigenvalue weighted by Gasteiger charge is -2.12. The maximum absolute atomic E-state index is 4.69. The molecular weight excluding hydrogens is 1730 g/mol.